The summed E-state index contributed by atoms with van der Waals surface area (Å²) < 4.78 is 14.1. The van der Waals surface area contributed by atoms with Crippen molar-refractivity contribution >= 4 is 17.3 Å². The van der Waals surface area contributed by atoms with Crippen LogP contribution in [0, 0.1) is 12.7 Å². The van der Waals surface area contributed by atoms with Crippen LogP contribution < -0.4 is 5.32 Å². The molecular weight excluding hydrogens is 441 g/mol. The minimum atomic E-state index is -0.931. The summed E-state index contributed by atoms with van der Waals surface area (Å²) in [6.07, 6.45) is 2.43. The van der Waals surface area contributed by atoms with E-state index in [4.69, 9.17) is 0 Å². The number of para-hydroxylation sites is 1. The van der Waals surface area contributed by atoms with Gasteiger partial charge in [0.25, 0.3) is 5.91 Å². The predicted molar refractivity (Wildman–Crippen MR) is 136 cm³/mol. The number of carbonyl (C=O) groups is 1. The highest BCUT2D eigenvalue weighted by molar-refractivity contribution is 5.95. The van der Waals surface area contributed by atoms with Gasteiger partial charge in [0.1, 0.15) is 5.82 Å². The van der Waals surface area contributed by atoms with Crippen molar-refractivity contribution in [3.8, 4) is 0 Å². The number of nitrogens with zero attached hydrogens (tertiary/aromatic N) is 2. The Morgan fingerprint density at radius 2 is 1.80 bits per heavy atom. The number of carbonyl (C=O) groups excluding carboxylic acids is 1. The Kier molecular flexibility index (Phi) is 6.58. The number of hydrogen-bond donors (Lipinski definition) is 2. The Bertz CT molecular complexity index is 1230. The number of rotatable bonds is 5. The Morgan fingerprint density at radius 1 is 1.03 bits per heavy atom. The lowest BCUT2D eigenvalue weighted by atomic mass is 9.90. The fourth-order valence-electron chi connectivity index (χ4n) is 5.30. The summed E-state index contributed by atoms with van der Waals surface area (Å²) >= 11 is 0. The highest BCUT2D eigenvalue weighted by atomic mass is 19.1. The number of amides is 1. The molecule has 35 heavy (non-hydrogen) atoms. The number of benzene rings is 3. The predicted octanol–water partition coefficient (Wildman–Crippen LogP) is 4.90. The third-order valence-electron chi connectivity index (χ3n) is 7.20. The molecule has 0 spiro atoms. The molecule has 1 amide bonds. The summed E-state index contributed by atoms with van der Waals surface area (Å²) in [4.78, 5) is 17.5. The van der Waals surface area contributed by atoms with Crippen LogP contribution in [0.15, 0.2) is 66.7 Å². The molecular formula is C29H32FN3O2. The largest absolute Gasteiger partial charge is 0.387 e. The summed E-state index contributed by atoms with van der Waals surface area (Å²) in [6, 6.07) is 20.4. The number of nitrogens with one attached hydrogen (secondary N) is 1. The first-order valence-corrected chi connectivity index (χ1v) is 12.3. The molecule has 1 atom stereocenters. The van der Waals surface area contributed by atoms with Crippen molar-refractivity contribution in [3.63, 3.8) is 0 Å². The van der Waals surface area contributed by atoms with Gasteiger partial charge in [-0.25, -0.2) is 4.39 Å². The first-order valence-electron chi connectivity index (χ1n) is 12.3. The van der Waals surface area contributed by atoms with E-state index < -0.39 is 5.60 Å². The monoisotopic (exact) mass is 473 g/mol. The smallest absolute Gasteiger partial charge is 0.254 e. The van der Waals surface area contributed by atoms with Crippen LogP contribution in [0.1, 0.15) is 39.9 Å². The van der Waals surface area contributed by atoms with Gasteiger partial charge in [-0.2, -0.15) is 0 Å². The van der Waals surface area contributed by atoms with E-state index in [9.17, 15) is 14.3 Å². The molecule has 6 heteroatoms. The quantitative estimate of drug-likeness (QED) is 0.553. The van der Waals surface area contributed by atoms with Crippen LogP contribution in [0.3, 0.4) is 0 Å². The fraction of sp³-hybridized carbons (Fsp3) is 0.345. The van der Waals surface area contributed by atoms with Gasteiger partial charge in [0.15, 0.2) is 0 Å². The van der Waals surface area contributed by atoms with Crippen LogP contribution in [0.25, 0.3) is 0 Å². The Balaban J connectivity index is 1.28. The second kappa shape index (κ2) is 9.80. The number of likely N-dealkylation sites (tertiary alicyclic amines) is 1. The van der Waals surface area contributed by atoms with E-state index in [-0.39, 0.29) is 11.7 Å². The first-order chi connectivity index (χ1) is 16.9. The van der Waals surface area contributed by atoms with Gasteiger partial charge in [-0.05, 0) is 67.1 Å². The Labute approximate surface area is 206 Å². The van der Waals surface area contributed by atoms with Gasteiger partial charge >= 0.3 is 0 Å². The van der Waals surface area contributed by atoms with Crippen molar-refractivity contribution < 1.29 is 14.3 Å². The lowest BCUT2D eigenvalue weighted by molar-refractivity contribution is -0.0489. The van der Waals surface area contributed by atoms with E-state index in [2.05, 4.69) is 34.5 Å². The molecule has 5 rings (SSSR count). The molecule has 0 radical (unpaired) electrons. The maximum atomic E-state index is 14.1. The topological polar surface area (TPSA) is 55.8 Å². The molecule has 3 aromatic carbocycles. The molecule has 2 N–H and O–H groups in total. The van der Waals surface area contributed by atoms with E-state index in [0.717, 1.165) is 31.5 Å². The van der Waals surface area contributed by atoms with Crippen molar-refractivity contribution in [1.29, 1.82) is 0 Å². The van der Waals surface area contributed by atoms with Gasteiger partial charge in [-0.15, -0.1) is 0 Å². The number of aryl methyl sites for hydroxylation is 1. The third kappa shape index (κ3) is 5.24. The van der Waals surface area contributed by atoms with Gasteiger partial charge in [0.2, 0.25) is 0 Å². The maximum absolute atomic E-state index is 14.1. The first kappa shape index (κ1) is 23.5. The van der Waals surface area contributed by atoms with Crippen LogP contribution in [-0.4, -0.2) is 52.6 Å². The van der Waals surface area contributed by atoms with Crippen molar-refractivity contribution in [2.45, 2.75) is 38.3 Å². The van der Waals surface area contributed by atoms with Crippen LogP contribution in [-0.2, 0) is 13.0 Å². The van der Waals surface area contributed by atoms with Gasteiger partial charge < -0.3 is 15.3 Å². The van der Waals surface area contributed by atoms with E-state index in [1.807, 2.05) is 13.0 Å². The van der Waals surface area contributed by atoms with E-state index in [1.165, 1.54) is 17.2 Å². The minimum absolute atomic E-state index is 0.108. The average molecular weight is 474 g/mol. The molecule has 1 fully saturated rings. The standard InChI is InChI=1S/C29H32FN3O2/c1-21-11-12-23(17-27(21)31-26-10-5-4-9-25(26)30)28(34)33-15-6-14-29(35,20-33)19-32-16-13-22-7-2-3-8-24(22)18-32/h2-5,7-12,17,31,35H,6,13-16,18-20H2,1H3. The number of hydrogen-bond acceptors (Lipinski definition) is 4. The summed E-state index contributed by atoms with van der Waals surface area (Å²) in [5.74, 6) is -0.450. The molecule has 2 aliphatic heterocycles. The zero-order valence-electron chi connectivity index (χ0n) is 20.1. The van der Waals surface area contributed by atoms with Gasteiger partial charge in [0, 0.05) is 37.4 Å². The van der Waals surface area contributed by atoms with Gasteiger partial charge in [-0.1, -0.05) is 42.5 Å². The molecule has 1 saturated heterocycles. The van der Waals surface area contributed by atoms with Crippen LogP contribution in [0.5, 0.6) is 0 Å². The van der Waals surface area contributed by atoms with E-state index in [0.29, 0.717) is 43.0 Å². The van der Waals surface area contributed by atoms with E-state index >= 15 is 0 Å². The number of piperidine rings is 1. The van der Waals surface area contributed by atoms with Crippen LogP contribution >= 0.6 is 0 Å². The number of anilines is 2. The molecule has 1 unspecified atom stereocenters. The number of aliphatic hydroxyl groups is 1. The normalized spacial score (nSPS) is 20.4. The molecule has 0 aliphatic carbocycles. The minimum Gasteiger partial charge on any atom is -0.387 e. The van der Waals surface area contributed by atoms with E-state index in [1.54, 1.807) is 35.2 Å². The molecule has 5 nitrogen and oxygen atoms in total. The van der Waals surface area contributed by atoms with Gasteiger partial charge in [-0.3, -0.25) is 9.69 Å². The Hall–Kier alpha value is -3.22. The average Bonchev–Trinajstić information content (AvgIpc) is 2.86. The number of halogens is 1. The maximum Gasteiger partial charge on any atom is 0.254 e. The van der Waals surface area contributed by atoms with Crippen molar-refractivity contribution in [1.82, 2.24) is 9.80 Å². The zero-order valence-corrected chi connectivity index (χ0v) is 20.1. The molecule has 182 valence electrons. The molecule has 0 bridgehead atoms. The van der Waals surface area contributed by atoms with Crippen molar-refractivity contribution in [3.05, 3.63) is 94.8 Å². The number of β-amino-alcohol motifs (C(OH)–C–C–N with tert-alkyl or cyclic N) is 1. The molecule has 3 aromatic rings. The third-order valence-corrected chi connectivity index (χ3v) is 7.20. The van der Waals surface area contributed by atoms with Crippen molar-refractivity contribution in [2.24, 2.45) is 0 Å². The molecule has 0 saturated carbocycles. The zero-order chi connectivity index (χ0) is 24.4. The molecule has 0 aromatic heterocycles. The Morgan fingerprint density at radius 3 is 2.63 bits per heavy atom. The molecule has 2 aliphatic rings. The second-order valence-corrected chi connectivity index (χ2v) is 9.92. The summed E-state index contributed by atoms with van der Waals surface area (Å²) in [7, 11) is 0. The molecule has 2 heterocycles. The lowest BCUT2D eigenvalue weighted by Crippen LogP contribution is -2.56. The SMILES string of the molecule is Cc1ccc(C(=O)N2CCCC(O)(CN3CCc4ccccc4C3)C2)cc1Nc1ccccc1F. The van der Waals surface area contributed by atoms with Crippen molar-refractivity contribution in [2.75, 3.05) is 31.5 Å². The van der Waals surface area contributed by atoms with Crippen LogP contribution in [0.4, 0.5) is 15.8 Å². The second-order valence-electron chi connectivity index (χ2n) is 9.92. The summed E-state index contributed by atoms with van der Waals surface area (Å²) in [6.45, 7) is 5.15. The highest BCUT2D eigenvalue weighted by Gasteiger charge is 2.37. The summed E-state index contributed by atoms with van der Waals surface area (Å²) in [5, 5.41) is 14.6. The summed E-state index contributed by atoms with van der Waals surface area (Å²) in [5.41, 5.74) is 4.29. The van der Waals surface area contributed by atoms with Crippen LogP contribution in [0.2, 0.25) is 0 Å². The fourth-order valence-corrected chi connectivity index (χ4v) is 5.30. The number of fused-ring (bicyclic) bond motifs is 1. The van der Waals surface area contributed by atoms with Gasteiger partial charge in [0.05, 0.1) is 17.8 Å². The highest BCUT2D eigenvalue weighted by Crippen LogP contribution is 2.29. The lowest BCUT2D eigenvalue weighted by Gasteiger charge is -2.43.